The molecular formula is C22H24ClN3O3. The summed E-state index contributed by atoms with van der Waals surface area (Å²) in [5, 5.41) is 9.43. The highest BCUT2D eigenvalue weighted by Gasteiger charge is 2.33. The van der Waals surface area contributed by atoms with Crippen LogP contribution in [0.25, 0.3) is 0 Å². The summed E-state index contributed by atoms with van der Waals surface area (Å²) in [6, 6.07) is 14.2. The number of carbonyl (C=O) groups is 2. The molecule has 29 heavy (non-hydrogen) atoms. The normalized spacial score (nSPS) is 16.2. The van der Waals surface area contributed by atoms with E-state index in [1.807, 2.05) is 31.2 Å². The van der Waals surface area contributed by atoms with Gasteiger partial charge < -0.3 is 20.7 Å². The van der Waals surface area contributed by atoms with Gasteiger partial charge in [0.05, 0.1) is 18.2 Å². The van der Waals surface area contributed by atoms with E-state index in [0.29, 0.717) is 29.4 Å². The molecule has 0 saturated carbocycles. The van der Waals surface area contributed by atoms with Crippen molar-refractivity contribution in [2.24, 2.45) is 0 Å². The first-order valence-corrected chi connectivity index (χ1v) is 9.85. The number of hydrogen-bond acceptors (Lipinski definition) is 4. The van der Waals surface area contributed by atoms with Gasteiger partial charge in [0.2, 0.25) is 0 Å². The Morgan fingerprint density at radius 3 is 2.45 bits per heavy atom. The second-order valence-electron chi connectivity index (χ2n) is 6.78. The first-order valence-electron chi connectivity index (χ1n) is 9.47. The third-order valence-corrected chi connectivity index (χ3v) is 4.86. The highest BCUT2D eigenvalue weighted by Crippen LogP contribution is 2.28. The lowest BCUT2D eigenvalue weighted by atomic mass is 9.95. The van der Waals surface area contributed by atoms with Crippen molar-refractivity contribution in [3.63, 3.8) is 0 Å². The number of aryl methyl sites for hydroxylation is 1. The van der Waals surface area contributed by atoms with Crippen LogP contribution in [0.4, 0.5) is 4.79 Å². The summed E-state index contributed by atoms with van der Waals surface area (Å²) >= 11 is 5.98. The van der Waals surface area contributed by atoms with Crippen LogP contribution < -0.4 is 16.0 Å². The van der Waals surface area contributed by atoms with E-state index in [-0.39, 0.29) is 12.6 Å². The third-order valence-electron chi connectivity index (χ3n) is 4.60. The van der Waals surface area contributed by atoms with Gasteiger partial charge in [-0.05, 0) is 37.1 Å². The van der Waals surface area contributed by atoms with Gasteiger partial charge in [0.15, 0.2) is 0 Å². The Morgan fingerprint density at radius 2 is 1.79 bits per heavy atom. The maximum atomic E-state index is 12.7. The van der Waals surface area contributed by atoms with Crippen molar-refractivity contribution >= 4 is 23.6 Å². The summed E-state index contributed by atoms with van der Waals surface area (Å²) in [6.07, 6.45) is 0. The fourth-order valence-corrected chi connectivity index (χ4v) is 3.28. The molecule has 3 rings (SSSR count). The van der Waals surface area contributed by atoms with Crippen LogP contribution in [-0.2, 0) is 16.1 Å². The molecule has 6 nitrogen and oxygen atoms in total. The average molecular weight is 414 g/mol. The van der Waals surface area contributed by atoms with Crippen molar-refractivity contribution in [3.05, 3.63) is 81.5 Å². The van der Waals surface area contributed by atoms with Crippen molar-refractivity contribution in [2.75, 3.05) is 13.2 Å². The topological polar surface area (TPSA) is 79.5 Å². The van der Waals surface area contributed by atoms with Crippen LogP contribution in [0.3, 0.4) is 0 Å². The number of esters is 1. The number of nitrogens with one attached hydrogen (secondary N) is 3. The average Bonchev–Trinajstić information content (AvgIpc) is 2.70. The molecule has 0 fully saturated rings. The first-order chi connectivity index (χ1) is 14.0. The predicted molar refractivity (Wildman–Crippen MR) is 112 cm³/mol. The molecule has 0 bridgehead atoms. The Hall–Kier alpha value is -2.83. The number of hydrogen-bond donors (Lipinski definition) is 3. The first kappa shape index (κ1) is 20.9. The van der Waals surface area contributed by atoms with E-state index in [9.17, 15) is 9.59 Å². The Bertz CT molecular complexity index is 908. The van der Waals surface area contributed by atoms with E-state index in [1.165, 1.54) is 5.56 Å². The molecule has 2 amide bonds. The molecule has 2 aromatic rings. The molecule has 0 spiro atoms. The molecule has 0 aromatic heterocycles. The number of ether oxygens (including phenoxy) is 1. The Kier molecular flexibility index (Phi) is 6.90. The summed E-state index contributed by atoms with van der Waals surface area (Å²) in [5.74, 6) is -0.466. The highest BCUT2D eigenvalue weighted by atomic mass is 35.5. The van der Waals surface area contributed by atoms with E-state index >= 15 is 0 Å². The van der Waals surface area contributed by atoms with Crippen molar-refractivity contribution in [1.29, 1.82) is 0 Å². The number of rotatable bonds is 7. The number of carbonyl (C=O) groups excluding carboxylic acids is 2. The molecule has 1 aliphatic heterocycles. The minimum atomic E-state index is -0.615. The zero-order valence-electron chi connectivity index (χ0n) is 16.4. The molecule has 152 valence electrons. The molecule has 1 aliphatic rings. The van der Waals surface area contributed by atoms with Gasteiger partial charge in [-0.15, -0.1) is 0 Å². The number of halogens is 1. The van der Waals surface area contributed by atoms with Gasteiger partial charge in [0.25, 0.3) is 0 Å². The van der Waals surface area contributed by atoms with Gasteiger partial charge in [-0.25, -0.2) is 9.59 Å². The van der Waals surface area contributed by atoms with E-state index in [1.54, 1.807) is 31.2 Å². The van der Waals surface area contributed by atoms with Gasteiger partial charge in [0.1, 0.15) is 0 Å². The molecule has 2 aromatic carbocycles. The van der Waals surface area contributed by atoms with Crippen LogP contribution >= 0.6 is 11.6 Å². The summed E-state index contributed by atoms with van der Waals surface area (Å²) in [4.78, 5) is 25.0. The SMILES string of the molecule is CCOC(=O)C1=C(CNCc2ccc(C)cc2)NC(=O)N[C@@H]1c1ccc(Cl)cc1. The van der Waals surface area contributed by atoms with Crippen LogP contribution in [0.1, 0.15) is 29.7 Å². The van der Waals surface area contributed by atoms with Gasteiger partial charge >= 0.3 is 12.0 Å². The molecule has 1 atom stereocenters. The van der Waals surface area contributed by atoms with Crippen molar-refractivity contribution < 1.29 is 14.3 Å². The van der Waals surface area contributed by atoms with Crippen LogP contribution in [-0.4, -0.2) is 25.2 Å². The number of amides is 2. The summed E-state index contributed by atoms with van der Waals surface area (Å²) in [7, 11) is 0. The van der Waals surface area contributed by atoms with Crippen molar-refractivity contribution in [1.82, 2.24) is 16.0 Å². The molecule has 7 heteroatoms. The van der Waals surface area contributed by atoms with E-state index in [2.05, 4.69) is 16.0 Å². The van der Waals surface area contributed by atoms with Gasteiger partial charge in [0, 0.05) is 23.8 Å². The Morgan fingerprint density at radius 1 is 1.10 bits per heavy atom. The number of urea groups is 1. The zero-order valence-corrected chi connectivity index (χ0v) is 17.2. The van der Waals surface area contributed by atoms with Gasteiger partial charge in [-0.1, -0.05) is 53.6 Å². The molecule has 0 saturated heterocycles. The smallest absolute Gasteiger partial charge is 0.338 e. The standard InChI is InChI=1S/C22H24ClN3O3/c1-3-29-21(27)19-18(13-24-12-15-6-4-14(2)5-7-15)25-22(28)26-20(19)16-8-10-17(23)11-9-16/h4-11,20,24H,3,12-13H2,1-2H3,(H2,25,26,28)/t20-/m1/s1. The molecule has 0 aliphatic carbocycles. The summed E-state index contributed by atoms with van der Waals surface area (Å²) in [5.41, 5.74) is 3.94. The minimum absolute atomic E-state index is 0.244. The number of benzene rings is 2. The summed E-state index contributed by atoms with van der Waals surface area (Å²) in [6.45, 7) is 4.96. The lowest BCUT2D eigenvalue weighted by molar-refractivity contribution is -0.139. The minimum Gasteiger partial charge on any atom is -0.463 e. The molecule has 1 heterocycles. The molecular weight excluding hydrogens is 390 g/mol. The second-order valence-corrected chi connectivity index (χ2v) is 7.22. The van der Waals surface area contributed by atoms with Crippen LogP contribution in [0.5, 0.6) is 0 Å². The van der Waals surface area contributed by atoms with E-state index in [0.717, 1.165) is 11.1 Å². The van der Waals surface area contributed by atoms with E-state index in [4.69, 9.17) is 16.3 Å². The fourth-order valence-electron chi connectivity index (χ4n) is 3.15. The predicted octanol–water partition coefficient (Wildman–Crippen LogP) is 3.61. The highest BCUT2D eigenvalue weighted by molar-refractivity contribution is 6.30. The maximum Gasteiger partial charge on any atom is 0.338 e. The van der Waals surface area contributed by atoms with Crippen LogP contribution in [0, 0.1) is 6.92 Å². The second kappa shape index (κ2) is 9.58. The lowest BCUT2D eigenvalue weighted by Crippen LogP contribution is -2.48. The van der Waals surface area contributed by atoms with Crippen molar-refractivity contribution in [2.45, 2.75) is 26.4 Å². The van der Waals surface area contributed by atoms with Gasteiger partial charge in [-0.2, -0.15) is 0 Å². The third kappa shape index (κ3) is 5.37. The van der Waals surface area contributed by atoms with Crippen LogP contribution in [0.15, 0.2) is 59.8 Å². The maximum absolute atomic E-state index is 12.7. The van der Waals surface area contributed by atoms with Crippen LogP contribution in [0.2, 0.25) is 5.02 Å². The largest absolute Gasteiger partial charge is 0.463 e. The van der Waals surface area contributed by atoms with Gasteiger partial charge in [-0.3, -0.25) is 0 Å². The Labute approximate surface area is 175 Å². The quantitative estimate of drug-likeness (QED) is 0.606. The van der Waals surface area contributed by atoms with Crippen molar-refractivity contribution in [3.8, 4) is 0 Å². The fraction of sp³-hybridized carbons (Fsp3) is 0.273. The lowest BCUT2D eigenvalue weighted by Gasteiger charge is -2.29. The zero-order chi connectivity index (χ0) is 20.8. The molecule has 0 unspecified atom stereocenters. The molecule has 3 N–H and O–H groups in total. The Balaban J connectivity index is 1.85. The molecule has 0 radical (unpaired) electrons. The van der Waals surface area contributed by atoms with E-state index < -0.39 is 12.0 Å². The summed E-state index contributed by atoms with van der Waals surface area (Å²) < 4.78 is 5.26. The monoisotopic (exact) mass is 413 g/mol.